The molecule has 1 aromatic carbocycles. The molecule has 0 radical (unpaired) electrons. The molecule has 0 atom stereocenters. The first-order valence-corrected chi connectivity index (χ1v) is 6.45. The number of aromatic nitrogens is 1. The number of benzene rings is 1. The van der Waals surface area contributed by atoms with E-state index >= 15 is 0 Å². The lowest BCUT2D eigenvalue weighted by atomic mass is 10.3. The minimum atomic E-state index is -0.427. The number of halogens is 3. The van der Waals surface area contributed by atoms with E-state index in [1.807, 2.05) is 22.6 Å². The van der Waals surface area contributed by atoms with Crippen molar-refractivity contribution in [1.82, 2.24) is 4.57 Å². The maximum absolute atomic E-state index is 11.5. The summed E-state index contributed by atoms with van der Waals surface area (Å²) < 4.78 is 9.92. The molecule has 0 saturated heterocycles. The van der Waals surface area contributed by atoms with Gasteiger partial charge in [-0.3, -0.25) is 4.57 Å². The SMILES string of the molecule is O=c1oc2cc(Br)c(Cl)cc2n1CC#CI. The Kier molecular flexibility index (Phi) is 3.62. The summed E-state index contributed by atoms with van der Waals surface area (Å²) in [5.41, 5.74) is 1.15. The van der Waals surface area contributed by atoms with E-state index in [4.69, 9.17) is 16.0 Å². The standard InChI is InChI=1S/C10H4BrClINO2/c11-6-4-9-8(5-7(6)12)14(3-1-2-13)10(15)16-9/h4-5H,3H2. The summed E-state index contributed by atoms with van der Waals surface area (Å²) in [5.74, 6) is 2.38. The molecule has 0 unspecified atom stereocenters. The van der Waals surface area contributed by atoms with Gasteiger partial charge in [-0.05, 0) is 32.0 Å². The molecule has 0 aliphatic carbocycles. The molecule has 3 nitrogen and oxygen atoms in total. The Morgan fingerprint density at radius 1 is 1.56 bits per heavy atom. The Balaban J connectivity index is 2.72. The van der Waals surface area contributed by atoms with Crippen LogP contribution in [0.4, 0.5) is 0 Å². The second-order valence-electron chi connectivity index (χ2n) is 2.96. The Labute approximate surface area is 118 Å². The smallest absolute Gasteiger partial charge is 0.408 e. The van der Waals surface area contributed by atoms with Crippen molar-refractivity contribution in [3.63, 3.8) is 0 Å². The van der Waals surface area contributed by atoms with Gasteiger partial charge < -0.3 is 4.42 Å². The second kappa shape index (κ2) is 4.82. The van der Waals surface area contributed by atoms with E-state index in [1.54, 1.807) is 12.1 Å². The molecule has 0 fully saturated rings. The van der Waals surface area contributed by atoms with Crippen LogP contribution in [-0.4, -0.2) is 4.57 Å². The van der Waals surface area contributed by atoms with Crippen LogP contribution >= 0.6 is 50.1 Å². The largest absolute Gasteiger partial charge is 0.420 e. The number of rotatable bonds is 1. The highest BCUT2D eigenvalue weighted by Gasteiger charge is 2.10. The topological polar surface area (TPSA) is 35.1 Å². The number of nitrogens with zero attached hydrogens (tertiary/aromatic N) is 1. The van der Waals surface area contributed by atoms with Crippen LogP contribution in [0.5, 0.6) is 0 Å². The average Bonchev–Trinajstić information content (AvgIpc) is 2.52. The molecule has 16 heavy (non-hydrogen) atoms. The van der Waals surface area contributed by atoms with Gasteiger partial charge in [0.1, 0.15) is 0 Å². The van der Waals surface area contributed by atoms with Crippen molar-refractivity contribution in [3.8, 4) is 9.85 Å². The summed E-state index contributed by atoms with van der Waals surface area (Å²) in [5, 5.41) is 0.532. The first kappa shape index (κ1) is 12.0. The van der Waals surface area contributed by atoms with Crippen molar-refractivity contribution in [2.75, 3.05) is 0 Å². The minimum Gasteiger partial charge on any atom is -0.408 e. The first-order chi connectivity index (χ1) is 7.63. The highest BCUT2D eigenvalue weighted by molar-refractivity contribution is 14.1. The van der Waals surface area contributed by atoms with Crippen molar-refractivity contribution in [3.05, 3.63) is 32.2 Å². The van der Waals surface area contributed by atoms with Gasteiger partial charge in [-0.15, -0.1) is 0 Å². The van der Waals surface area contributed by atoms with Gasteiger partial charge in [0.05, 0.1) is 17.1 Å². The van der Waals surface area contributed by atoms with Crippen LogP contribution in [0.15, 0.2) is 25.8 Å². The van der Waals surface area contributed by atoms with Gasteiger partial charge in [-0.25, -0.2) is 4.79 Å². The molecule has 0 aliphatic rings. The zero-order valence-electron chi connectivity index (χ0n) is 7.76. The third-order valence-electron chi connectivity index (χ3n) is 2.01. The Hall–Kier alpha value is -0.450. The second-order valence-corrected chi connectivity index (χ2v) is 4.76. The summed E-state index contributed by atoms with van der Waals surface area (Å²) in [6.07, 6.45) is 0. The van der Waals surface area contributed by atoms with Crippen LogP contribution in [0, 0.1) is 9.85 Å². The van der Waals surface area contributed by atoms with Gasteiger partial charge in [0.15, 0.2) is 5.58 Å². The average molecular weight is 412 g/mol. The molecule has 6 heteroatoms. The van der Waals surface area contributed by atoms with Crippen LogP contribution in [0.1, 0.15) is 0 Å². The molecule has 0 bridgehead atoms. The Bertz CT molecular complexity index is 665. The predicted octanol–water partition coefficient (Wildman–Crippen LogP) is 3.41. The highest BCUT2D eigenvalue weighted by atomic mass is 127. The van der Waals surface area contributed by atoms with Crippen LogP contribution in [-0.2, 0) is 6.54 Å². The molecule has 1 heterocycles. The summed E-state index contributed by atoms with van der Waals surface area (Å²) in [6, 6.07) is 3.35. The van der Waals surface area contributed by atoms with E-state index in [0.29, 0.717) is 27.1 Å². The van der Waals surface area contributed by atoms with Crippen molar-refractivity contribution >= 4 is 61.2 Å². The fourth-order valence-electron chi connectivity index (χ4n) is 1.32. The highest BCUT2D eigenvalue weighted by Crippen LogP contribution is 2.27. The Morgan fingerprint density at radius 3 is 3.00 bits per heavy atom. The number of hydrogen-bond donors (Lipinski definition) is 0. The van der Waals surface area contributed by atoms with Crippen molar-refractivity contribution in [2.24, 2.45) is 0 Å². The van der Waals surface area contributed by atoms with Gasteiger partial charge >= 0.3 is 5.76 Å². The van der Waals surface area contributed by atoms with E-state index in [1.165, 1.54) is 4.57 Å². The third-order valence-corrected chi connectivity index (χ3v) is 3.59. The zero-order valence-corrected chi connectivity index (χ0v) is 12.3. The lowest BCUT2D eigenvalue weighted by molar-refractivity contribution is 0.521. The van der Waals surface area contributed by atoms with E-state index in [9.17, 15) is 4.79 Å². The molecule has 2 rings (SSSR count). The summed E-state index contributed by atoms with van der Waals surface area (Å²) in [6.45, 7) is 0.298. The van der Waals surface area contributed by atoms with E-state index < -0.39 is 5.76 Å². The quantitative estimate of drug-likeness (QED) is 0.532. The molecule has 0 amide bonds. The van der Waals surface area contributed by atoms with Crippen molar-refractivity contribution in [1.29, 1.82) is 0 Å². The summed E-state index contributed by atoms with van der Waals surface area (Å²) in [7, 11) is 0. The number of hydrogen-bond acceptors (Lipinski definition) is 2. The molecular weight excluding hydrogens is 408 g/mol. The molecule has 0 N–H and O–H groups in total. The van der Waals surface area contributed by atoms with E-state index in [-0.39, 0.29) is 0 Å². The summed E-state index contributed by atoms with van der Waals surface area (Å²) >= 11 is 11.2. The molecule has 2 aromatic rings. The lowest BCUT2D eigenvalue weighted by Crippen LogP contribution is -2.12. The molecular formula is C10H4BrClINO2. The molecule has 0 saturated carbocycles. The number of oxazole rings is 1. The van der Waals surface area contributed by atoms with Crippen LogP contribution in [0.2, 0.25) is 5.02 Å². The summed E-state index contributed by atoms with van der Waals surface area (Å²) in [4.78, 5) is 11.5. The molecule has 0 spiro atoms. The van der Waals surface area contributed by atoms with Crippen LogP contribution in [0.3, 0.4) is 0 Å². The minimum absolute atomic E-state index is 0.298. The van der Waals surface area contributed by atoms with Crippen molar-refractivity contribution in [2.45, 2.75) is 6.54 Å². The van der Waals surface area contributed by atoms with Crippen LogP contribution < -0.4 is 5.76 Å². The molecule has 82 valence electrons. The predicted molar refractivity (Wildman–Crippen MR) is 75.0 cm³/mol. The van der Waals surface area contributed by atoms with Crippen LogP contribution in [0.25, 0.3) is 11.1 Å². The number of fused-ring (bicyclic) bond motifs is 1. The fourth-order valence-corrected chi connectivity index (χ4v) is 1.97. The van der Waals surface area contributed by atoms with Gasteiger partial charge in [0.25, 0.3) is 0 Å². The maximum Gasteiger partial charge on any atom is 0.420 e. The lowest BCUT2D eigenvalue weighted by Gasteiger charge is -1.97. The van der Waals surface area contributed by atoms with Gasteiger partial charge in [0.2, 0.25) is 0 Å². The molecule has 0 aliphatic heterocycles. The maximum atomic E-state index is 11.5. The Morgan fingerprint density at radius 2 is 2.31 bits per heavy atom. The first-order valence-electron chi connectivity index (χ1n) is 4.20. The van der Waals surface area contributed by atoms with Gasteiger partial charge in [0, 0.05) is 27.1 Å². The third kappa shape index (κ3) is 2.14. The van der Waals surface area contributed by atoms with Gasteiger partial charge in [-0.2, -0.15) is 0 Å². The fraction of sp³-hybridized carbons (Fsp3) is 0.100. The molecule has 1 aromatic heterocycles. The zero-order chi connectivity index (χ0) is 11.7. The van der Waals surface area contributed by atoms with Gasteiger partial charge in [-0.1, -0.05) is 17.5 Å². The van der Waals surface area contributed by atoms with E-state index in [0.717, 1.165) is 0 Å². The monoisotopic (exact) mass is 411 g/mol. The van der Waals surface area contributed by atoms with Crippen molar-refractivity contribution < 1.29 is 4.42 Å². The van der Waals surface area contributed by atoms with E-state index in [2.05, 4.69) is 25.8 Å². The normalized spacial score (nSPS) is 10.2.